The molecule has 188 valence electrons. The quantitative estimate of drug-likeness (QED) is 0.582. The van der Waals surface area contributed by atoms with E-state index in [1.807, 2.05) is 42.8 Å². The van der Waals surface area contributed by atoms with Crippen LogP contribution in [0.5, 0.6) is 0 Å². The molecule has 0 aliphatic carbocycles. The predicted octanol–water partition coefficient (Wildman–Crippen LogP) is 2.26. The van der Waals surface area contributed by atoms with Gasteiger partial charge in [0.05, 0.1) is 6.54 Å². The van der Waals surface area contributed by atoms with Crippen LogP contribution in [0, 0.1) is 5.82 Å². The number of urea groups is 1. The molecule has 11 heteroatoms. The molecule has 0 bridgehead atoms. The van der Waals surface area contributed by atoms with Crippen molar-refractivity contribution in [3.05, 3.63) is 71.0 Å². The number of halogens is 3. The van der Waals surface area contributed by atoms with Crippen molar-refractivity contribution < 1.29 is 27.6 Å². The van der Waals surface area contributed by atoms with Crippen LogP contribution < -0.4 is 10.9 Å². The van der Waals surface area contributed by atoms with Gasteiger partial charge < -0.3 is 14.7 Å². The summed E-state index contributed by atoms with van der Waals surface area (Å²) in [7, 11) is 1.99. The number of hydrazine groups is 1. The van der Waals surface area contributed by atoms with Crippen molar-refractivity contribution in [2.45, 2.75) is 19.4 Å². The van der Waals surface area contributed by atoms with E-state index in [9.17, 15) is 27.6 Å². The van der Waals surface area contributed by atoms with Crippen molar-refractivity contribution in [2.24, 2.45) is 0 Å². The van der Waals surface area contributed by atoms with Crippen LogP contribution >= 0.6 is 0 Å². The van der Waals surface area contributed by atoms with Gasteiger partial charge in [-0.15, -0.1) is 0 Å². The molecule has 4 amide bonds. The van der Waals surface area contributed by atoms with Crippen molar-refractivity contribution in [1.29, 1.82) is 0 Å². The summed E-state index contributed by atoms with van der Waals surface area (Å²) < 4.78 is 39.4. The maximum atomic E-state index is 14.9. The predicted molar refractivity (Wildman–Crippen MR) is 123 cm³/mol. The molecule has 0 atom stereocenters. The van der Waals surface area contributed by atoms with E-state index in [1.54, 1.807) is 15.2 Å². The molecule has 0 unspecified atom stereocenters. The molecule has 2 aromatic rings. The summed E-state index contributed by atoms with van der Waals surface area (Å²) in [6.07, 6.45) is -2.71. The molecular formula is C24H28F3N5O3. The largest absolute Gasteiger partial charge is 0.322 e. The summed E-state index contributed by atoms with van der Waals surface area (Å²) in [5, 5.41) is 0. The van der Waals surface area contributed by atoms with Crippen molar-refractivity contribution in [2.75, 3.05) is 39.8 Å². The first-order valence-corrected chi connectivity index (χ1v) is 11.2. The number of likely N-dealkylation sites (N-methyl/N-ethyl adjacent to an activating group) is 1. The standard InChI is InChI=1S/C24H28F3N5O3/c1-30-11-13-31(14-12-30)24(35)32(10-9-17-5-3-2-4-6-17)16-19-8-7-18(15-20(19)25)22(33)28-29-23(34)21(26)27/h2-8,15,21H,9-14,16H2,1H3,(H,28,33)(H,29,34). The molecule has 1 saturated heterocycles. The van der Waals surface area contributed by atoms with E-state index < -0.39 is 24.1 Å². The Balaban J connectivity index is 1.71. The van der Waals surface area contributed by atoms with Crippen molar-refractivity contribution in [3.63, 3.8) is 0 Å². The van der Waals surface area contributed by atoms with E-state index in [4.69, 9.17) is 0 Å². The third kappa shape index (κ3) is 7.44. The van der Waals surface area contributed by atoms with Crippen LogP contribution in [0.1, 0.15) is 21.5 Å². The lowest BCUT2D eigenvalue weighted by molar-refractivity contribution is -0.132. The molecule has 0 radical (unpaired) electrons. The Morgan fingerprint density at radius 1 is 1.00 bits per heavy atom. The van der Waals surface area contributed by atoms with Crippen LogP contribution in [0.15, 0.2) is 48.5 Å². The molecule has 2 N–H and O–H groups in total. The highest BCUT2D eigenvalue weighted by Gasteiger charge is 2.25. The number of alkyl halides is 2. The van der Waals surface area contributed by atoms with Gasteiger partial charge in [-0.1, -0.05) is 36.4 Å². The number of benzene rings is 2. The van der Waals surface area contributed by atoms with E-state index in [2.05, 4.69) is 4.90 Å². The Kier molecular flexibility index (Phi) is 9.07. The van der Waals surface area contributed by atoms with Gasteiger partial charge in [-0.05, 0) is 31.2 Å². The van der Waals surface area contributed by atoms with Gasteiger partial charge >= 0.3 is 18.4 Å². The maximum Gasteiger partial charge on any atom is 0.320 e. The summed E-state index contributed by atoms with van der Waals surface area (Å²) in [6.45, 7) is 3.01. The lowest BCUT2D eigenvalue weighted by atomic mass is 10.1. The fourth-order valence-corrected chi connectivity index (χ4v) is 3.62. The number of nitrogens with zero attached hydrogens (tertiary/aromatic N) is 3. The van der Waals surface area contributed by atoms with E-state index in [1.165, 1.54) is 12.1 Å². The summed E-state index contributed by atoms with van der Waals surface area (Å²) in [6, 6.07) is 13.1. The highest BCUT2D eigenvalue weighted by molar-refractivity contribution is 5.95. The Morgan fingerprint density at radius 3 is 2.31 bits per heavy atom. The van der Waals surface area contributed by atoms with Gasteiger partial charge in [0.2, 0.25) is 0 Å². The highest BCUT2D eigenvalue weighted by atomic mass is 19.3. The smallest absolute Gasteiger partial charge is 0.320 e. The van der Waals surface area contributed by atoms with Crippen LogP contribution in [-0.4, -0.2) is 78.7 Å². The second-order valence-electron chi connectivity index (χ2n) is 8.28. The van der Waals surface area contributed by atoms with Crippen LogP contribution in [0.2, 0.25) is 0 Å². The zero-order valence-corrected chi connectivity index (χ0v) is 19.3. The van der Waals surface area contributed by atoms with E-state index in [-0.39, 0.29) is 23.7 Å². The number of carbonyl (C=O) groups is 3. The minimum Gasteiger partial charge on any atom is -0.322 e. The van der Waals surface area contributed by atoms with E-state index in [0.717, 1.165) is 24.7 Å². The monoisotopic (exact) mass is 491 g/mol. The first-order chi connectivity index (χ1) is 16.7. The second-order valence-corrected chi connectivity index (χ2v) is 8.28. The van der Waals surface area contributed by atoms with Crippen LogP contribution in [0.3, 0.4) is 0 Å². The Labute approximate surface area is 201 Å². The lowest BCUT2D eigenvalue weighted by Crippen LogP contribution is -2.52. The molecule has 8 nitrogen and oxygen atoms in total. The van der Waals surface area contributed by atoms with Crippen LogP contribution in [0.25, 0.3) is 0 Å². The van der Waals surface area contributed by atoms with Crippen LogP contribution in [-0.2, 0) is 17.8 Å². The molecule has 1 aliphatic rings. The summed E-state index contributed by atoms with van der Waals surface area (Å²) >= 11 is 0. The number of nitrogens with one attached hydrogen (secondary N) is 2. The molecule has 1 fully saturated rings. The van der Waals surface area contributed by atoms with E-state index >= 15 is 0 Å². The minimum atomic E-state index is -3.30. The Morgan fingerprint density at radius 2 is 1.69 bits per heavy atom. The fraction of sp³-hybridized carbons (Fsp3) is 0.375. The molecular weight excluding hydrogens is 463 g/mol. The Hall–Kier alpha value is -3.60. The molecule has 1 aliphatic heterocycles. The molecule has 1 heterocycles. The van der Waals surface area contributed by atoms with E-state index in [0.29, 0.717) is 26.1 Å². The van der Waals surface area contributed by atoms with Crippen LogP contribution in [0.4, 0.5) is 18.0 Å². The van der Waals surface area contributed by atoms with Gasteiger partial charge in [0.1, 0.15) is 5.82 Å². The average Bonchev–Trinajstić information content (AvgIpc) is 2.86. The number of piperazine rings is 1. The fourth-order valence-electron chi connectivity index (χ4n) is 3.62. The highest BCUT2D eigenvalue weighted by Crippen LogP contribution is 2.16. The number of hydrogen-bond donors (Lipinski definition) is 2. The molecule has 3 rings (SSSR count). The third-order valence-corrected chi connectivity index (χ3v) is 5.73. The number of carbonyl (C=O) groups excluding carboxylic acids is 3. The summed E-state index contributed by atoms with van der Waals surface area (Å²) in [5.74, 6) is -3.35. The lowest BCUT2D eigenvalue weighted by Gasteiger charge is -2.36. The van der Waals surface area contributed by atoms with Crippen molar-refractivity contribution in [3.8, 4) is 0 Å². The average molecular weight is 492 g/mol. The topological polar surface area (TPSA) is 85.0 Å². The van der Waals surface area contributed by atoms with Gasteiger partial charge in [0.15, 0.2) is 0 Å². The number of amides is 4. The third-order valence-electron chi connectivity index (χ3n) is 5.73. The molecule has 0 saturated carbocycles. The zero-order valence-electron chi connectivity index (χ0n) is 19.3. The zero-order chi connectivity index (χ0) is 25.4. The first kappa shape index (κ1) is 26.0. The van der Waals surface area contributed by atoms with Gasteiger partial charge in [-0.2, -0.15) is 8.78 Å². The van der Waals surface area contributed by atoms with Gasteiger partial charge in [-0.25, -0.2) is 9.18 Å². The summed E-state index contributed by atoms with van der Waals surface area (Å²) in [5.41, 5.74) is 4.45. The Bertz CT molecular complexity index is 1030. The molecule has 35 heavy (non-hydrogen) atoms. The maximum absolute atomic E-state index is 14.9. The number of rotatable bonds is 7. The molecule has 2 aromatic carbocycles. The van der Waals surface area contributed by atoms with Gasteiger partial charge in [0.25, 0.3) is 5.91 Å². The minimum absolute atomic E-state index is 0.00609. The van der Waals surface area contributed by atoms with Gasteiger partial charge in [-0.3, -0.25) is 20.4 Å². The molecule has 0 aromatic heterocycles. The van der Waals surface area contributed by atoms with Crippen molar-refractivity contribution >= 4 is 17.8 Å². The SMILES string of the molecule is CN1CCN(C(=O)N(CCc2ccccc2)Cc2ccc(C(=O)NNC(=O)C(F)F)cc2F)CC1. The summed E-state index contributed by atoms with van der Waals surface area (Å²) in [4.78, 5) is 41.7. The second kappa shape index (κ2) is 12.2. The first-order valence-electron chi connectivity index (χ1n) is 11.2. The number of hydrogen-bond acceptors (Lipinski definition) is 4. The van der Waals surface area contributed by atoms with Crippen molar-refractivity contribution in [1.82, 2.24) is 25.6 Å². The molecule has 0 spiro atoms. The van der Waals surface area contributed by atoms with Gasteiger partial charge in [0, 0.05) is 43.9 Å². The normalized spacial score (nSPS) is 14.0.